The fourth-order valence-corrected chi connectivity index (χ4v) is 2.97. The average Bonchev–Trinajstić information content (AvgIpc) is 2.59. The van der Waals surface area contributed by atoms with Crippen LogP contribution in [0.2, 0.25) is 0 Å². The minimum Gasteiger partial charge on any atom is -0.314 e. The van der Waals surface area contributed by atoms with Gasteiger partial charge in [0.15, 0.2) is 0 Å². The lowest BCUT2D eigenvalue weighted by Crippen LogP contribution is -2.62. The van der Waals surface area contributed by atoms with Gasteiger partial charge in [0.25, 0.3) is 5.91 Å². The van der Waals surface area contributed by atoms with Crippen LogP contribution in [0.4, 0.5) is 5.69 Å². The highest BCUT2D eigenvalue weighted by Gasteiger charge is 2.56. The van der Waals surface area contributed by atoms with Gasteiger partial charge in [-0.2, -0.15) is 5.06 Å². The molecule has 1 amide bonds. The molecule has 3 rings (SSSR count). The molecule has 1 N–H and O–H groups in total. The molecule has 2 heterocycles. The van der Waals surface area contributed by atoms with E-state index in [0.717, 1.165) is 25.2 Å². The van der Waals surface area contributed by atoms with Crippen molar-refractivity contribution in [1.29, 1.82) is 0 Å². The van der Waals surface area contributed by atoms with Crippen molar-refractivity contribution in [1.82, 2.24) is 5.32 Å². The Morgan fingerprint density at radius 2 is 2.17 bits per heavy atom. The molecule has 18 heavy (non-hydrogen) atoms. The number of anilines is 1. The molecule has 96 valence electrons. The summed E-state index contributed by atoms with van der Waals surface area (Å²) in [4.78, 5) is 18.1. The molecular weight excluding hydrogens is 228 g/mol. The molecule has 0 atom stereocenters. The Balaban J connectivity index is 2.16. The average molecular weight is 246 g/mol. The van der Waals surface area contributed by atoms with E-state index < -0.39 is 0 Å². The minimum absolute atomic E-state index is 0.0824. The van der Waals surface area contributed by atoms with Crippen LogP contribution < -0.4 is 10.4 Å². The number of carbonyl (C=O) groups is 1. The number of hydrogen-bond donors (Lipinski definition) is 1. The summed E-state index contributed by atoms with van der Waals surface area (Å²) < 4.78 is 0. The predicted octanol–water partition coefficient (Wildman–Crippen LogP) is 1.39. The molecule has 0 unspecified atom stereocenters. The molecule has 0 aliphatic carbocycles. The number of nitrogens with zero attached hydrogens (tertiary/aromatic N) is 1. The second kappa shape index (κ2) is 4.07. The number of benzene rings is 1. The Morgan fingerprint density at radius 3 is 2.72 bits per heavy atom. The minimum atomic E-state index is -0.378. The molecule has 0 bridgehead atoms. The number of fused-ring (bicyclic) bond motifs is 2. The first-order valence-electron chi connectivity index (χ1n) is 6.55. The van der Waals surface area contributed by atoms with Crippen LogP contribution in [0, 0.1) is 0 Å². The van der Waals surface area contributed by atoms with E-state index in [-0.39, 0.29) is 11.3 Å². The Bertz CT molecular complexity index is 495. The maximum atomic E-state index is 12.6. The van der Waals surface area contributed by atoms with E-state index in [2.05, 4.69) is 18.3 Å². The molecule has 4 nitrogen and oxygen atoms in total. The Hall–Kier alpha value is -1.39. The fourth-order valence-electron chi connectivity index (χ4n) is 2.97. The summed E-state index contributed by atoms with van der Waals surface area (Å²) in [6.45, 7) is 5.98. The largest absolute Gasteiger partial charge is 0.314 e. The van der Waals surface area contributed by atoms with E-state index in [9.17, 15) is 4.79 Å². The van der Waals surface area contributed by atoms with Crippen LogP contribution in [-0.2, 0) is 21.5 Å². The summed E-state index contributed by atoms with van der Waals surface area (Å²) in [5, 5.41) is 4.72. The molecule has 2 aliphatic heterocycles. The van der Waals surface area contributed by atoms with Gasteiger partial charge in [-0.05, 0) is 30.5 Å². The van der Waals surface area contributed by atoms with Gasteiger partial charge >= 0.3 is 0 Å². The predicted molar refractivity (Wildman–Crippen MR) is 69.5 cm³/mol. The van der Waals surface area contributed by atoms with Gasteiger partial charge in [-0.15, -0.1) is 0 Å². The zero-order valence-electron chi connectivity index (χ0n) is 10.8. The maximum Gasteiger partial charge on any atom is 0.264 e. The van der Waals surface area contributed by atoms with Gasteiger partial charge in [-0.25, -0.2) is 0 Å². The smallest absolute Gasteiger partial charge is 0.264 e. The van der Waals surface area contributed by atoms with Crippen molar-refractivity contribution in [2.75, 3.05) is 24.8 Å². The number of rotatable bonds is 3. The van der Waals surface area contributed by atoms with E-state index in [4.69, 9.17) is 4.84 Å². The number of nitrogens with one attached hydrogen (secondary N) is 1. The zero-order chi connectivity index (χ0) is 12.8. The standard InChI is InChI=1S/C14H18N2O2/c1-3-10-6-5-7-11-12(10)14(8-15-9-14)13(17)16(11)18-4-2/h5-7,15H,3-4,8-9H2,1-2H3. The van der Waals surface area contributed by atoms with Crippen LogP contribution >= 0.6 is 0 Å². The van der Waals surface area contributed by atoms with Crippen LogP contribution in [-0.4, -0.2) is 25.6 Å². The van der Waals surface area contributed by atoms with E-state index in [1.807, 2.05) is 19.1 Å². The monoisotopic (exact) mass is 246 g/mol. The highest BCUT2D eigenvalue weighted by atomic mass is 16.7. The second-order valence-corrected chi connectivity index (χ2v) is 4.87. The van der Waals surface area contributed by atoms with Gasteiger partial charge in [0.05, 0.1) is 12.3 Å². The Labute approximate surface area is 107 Å². The number of aryl methyl sites for hydroxylation is 1. The van der Waals surface area contributed by atoms with Gasteiger partial charge in [-0.1, -0.05) is 19.1 Å². The van der Waals surface area contributed by atoms with Crippen LogP contribution in [0.5, 0.6) is 0 Å². The lowest BCUT2D eigenvalue weighted by molar-refractivity contribution is -0.131. The van der Waals surface area contributed by atoms with Crippen LogP contribution in [0.15, 0.2) is 18.2 Å². The molecule has 4 heteroatoms. The van der Waals surface area contributed by atoms with E-state index in [1.54, 1.807) is 0 Å². The van der Waals surface area contributed by atoms with Gasteiger partial charge in [-0.3, -0.25) is 9.63 Å². The quantitative estimate of drug-likeness (QED) is 0.876. The Morgan fingerprint density at radius 1 is 1.39 bits per heavy atom. The summed E-state index contributed by atoms with van der Waals surface area (Å²) in [5.74, 6) is 0.0824. The van der Waals surface area contributed by atoms with Crippen molar-refractivity contribution in [3.63, 3.8) is 0 Å². The number of carbonyl (C=O) groups excluding carboxylic acids is 1. The van der Waals surface area contributed by atoms with Gasteiger partial charge in [0.2, 0.25) is 0 Å². The van der Waals surface area contributed by atoms with Crippen LogP contribution in [0.3, 0.4) is 0 Å². The summed E-state index contributed by atoms with van der Waals surface area (Å²) >= 11 is 0. The molecule has 0 radical (unpaired) electrons. The molecule has 0 aromatic heterocycles. The first kappa shape index (κ1) is 11.7. The van der Waals surface area contributed by atoms with Gasteiger partial charge in [0, 0.05) is 13.1 Å². The molecule has 0 saturated carbocycles. The summed E-state index contributed by atoms with van der Waals surface area (Å²) in [6.07, 6.45) is 0.943. The van der Waals surface area contributed by atoms with E-state index in [0.29, 0.717) is 6.61 Å². The number of hydroxylamine groups is 1. The third kappa shape index (κ3) is 1.30. The lowest BCUT2D eigenvalue weighted by atomic mass is 9.74. The second-order valence-electron chi connectivity index (χ2n) is 4.87. The Kier molecular flexibility index (Phi) is 2.64. The number of amides is 1. The third-order valence-corrected chi connectivity index (χ3v) is 3.91. The number of hydrogen-bond acceptors (Lipinski definition) is 3. The third-order valence-electron chi connectivity index (χ3n) is 3.91. The van der Waals surface area contributed by atoms with Gasteiger partial charge < -0.3 is 5.32 Å². The van der Waals surface area contributed by atoms with E-state index in [1.165, 1.54) is 16.2 Å². The highest BCUT2D eigenvalue weighted by molar-refractivity contribution is 6.08. The van der Waals surface area contributed by atoms with E-state index >= 15 is 0 Å². The summed E-state index contributed by atoms with van der Waals surface area (Å²) in [7, 11) is 0. The van der Waals surface area contributed by atoms with Crippen molar-refractivity contribution in [2.45, 2.75) is 25.7 Å². The molecule has 1 aromatic rings. The SMILES string of the molecule is CCON1C(=O)C2(CNC2)c2c(CC)cccc21. The molecule has 1 saturated heterocycles. The van der Waals surface area contributed by atoms with Crippen molar-refractivity contribution >= 4 is 11.6 Å². The summed E-state index contributed by atoms with van der Waals surface area (Å²) in [5.41, 5.74) is 2.98. The topological polar surface area (TPSA) is 41.6 Å². The van der Waals surface area contributed by atoms with Crippen molar-refractivity contribution in [2.24, 2.45) is 0 Å². The summed E-state index contributed by atoms with van der Waals surface area (Å²) in [6, 6.07) is 6.10. The molecule has 2 aliphatic rings. The maximum absolute atomic E-state index is 12.6. The normalized spacial score (nSPS) is 20.1. The lowest BCUT2D eigenvalue weighted by Gasteiger charge is -2.38. The zero-order valence-corrected chi connectivity index (χ0v) is 10.8. The first-order valence-corrected chi connectivity index (χ1v) is 6.55. The van der Waals surface area contributed by atoms with Crippen molar-refractivity contribution < 1.29 is 9.63 Å². The fraction of sp³-hybridized carbons (Fsp3) is 0.500. The van der Waals surface area contributed by atoms with Gasteiger partial charge in [0.1, 0.15) is 5.41 Å². The van der Waals surface area contributed by atoms with Crippen molar-refractivity contribution in [3.8, 4) is 0 Å². The highest BCUT2D eigenvalue weighted by Crippen LogP contribution is 2.46. The van der Waals surface area contributed by atoms with Crippen LogP contribution in [0.1, 0.15) is 25.0 Å². The van der Waals surface area contributed by atoms with Crippen LogP contribution in [0.25, 0.3) is 0 Å². The van der Waals surface area contributed by atoms with Crippen molar-refractivity contribution in [3.05, 3.63) is 29.3 Å². The molecule has 1 spiro atoms. The molecule has 1 aromatic carbocycles. The molecule has 1 fully saturated rings. The first-order chi connectivity index (χ1) is 8.74. The molecular formula is C14H18N2O2.